The molecule has 1 aromatic rings. The van der Waals surface area contributed by atoms with Crippen LogP contribution in [0.5, 0.6) is 0 Å². The van der Waals surface area contributed by atoms with Crippen molar-refractivity contribution >= 4 is 5.97 Å². The topological polar surface area (TPSA) is 55.8 Å². The molecule has 0 spiro atoms. The van der Waals surface area contributed by atoms with Crippen LogP contribution in [0.1, 0.15) is 5.56 Å². The summed E-state index contributed by atoms with van der Waals surface area (Å²) in [4.78, 5) is 11.2. The highest BCUT2D eigenvalue weighted by Crippen LogP contribution is 2.01. The van der Waals surface area contributed by atoms with Crippen LogP contribution in [0, 0.1) is 0 Å². The van der Waals surface area contributed by atoms with Gasteiger partial charge in [0.1, 0.15) is 6.61 Å². The van der Waals surface area contributed by atoms with E-state index in [2.05, 4.69) is 4.74 Å². The Morgan fingerprint density at radius 1 is 1.40 bits per heavy atom. The molecular formula is C11H14O4. The lowest BCUT2D eigenvalue weighted by Gasteiger charge is -2.09. The van der Waals surface area contributed by atoms with Gasteiger partial charge in [0.15, 0.2) is 6.10 Å². The Kier molecular flexibility index (Phi) is 4.80. The van der Waals surface area contributed by atoms with E-state index in [1.807, 2.05) is 30.3 Å². The number of esters is 1. The van der Waals surface area contributed by atoms with Gasteiger partial charge in [-0.05, 0) is 5.56 Å². The first-order chi connectivity index (χ1) is 7.24. The van der Waals surface area contributed by atoms with Crippen LogP contribution in [0.15, 0.2) is 30.3 Å². The van der Waals surface area contributed by atoms with E-state index in [4.69, 9.17) is 4.74 Å². The van der Waals surface area contributed by atoms with Gasteiger partial charge in [0.25, 0.3) is 0 Å². The summed E-state index contributed by atoms with van der Waals surface area (Å²) in [5.41, 5.74) is 0.885. The molecule has 1 N–H and O–H groups in total. The van der Waals surface area contributed by atoms with Gasteiger partial charge in [-0.2, -0.15) is 0 Å². The first kappa shape index (κ1) is 11.7. The quantitative estimate of drug-likeness (QED) is 0.728. The number of carbonyl (C=O) groups is 1. The molecule has 0 aromatic heterocycles. The molecule has 4 nitrogen and oxygen atoms in total. The van der Waals surface area contributed by atoms with Crippen molar-refractivity contribution in [2.45, 2.75) is 12.7 Å². The fourth-order valence-corrected chi connectivity index (χ4v) is 1.05. The molecule has 0 aliphatic rings. The zero-order valence-electron chi connectivity index (χ0n) is 8.55. The highest BCUT2D eigenvalue weighted by atomic mass is 16.6. The number of rotatable bonds is 5. The normalized spacial score (nSPS) is 12.1. The summed E-state index contributed by atoms with van der Waals surface area (Å²) in [6.45, 7) is 0.119. The van der Waals surface area contributed by atoms with Crippen LogP contribution in [0.4, 0.5) is 0 Å². The number of ether oxygens (including phenoxy) is 2. The number of carbonyl (C=O) groups excluding carboxylic acids is 1. The molecule has 1 unspecified atom stereocenters. The van der Waals surface area contributed by atoms with Crippen LogP contribution in [0.25, 0.3) is 0 Å². The Balaban J connectivity index is 2.34. The van der Waals surface area contributed by atoms with E-state index in [1.165, 1.54) is 7.11 Å². The monoisotopic (exact) mass is 210 g/mol. The molecule has 15 heavy (non-hydrogen) atoms. The van der Waals surface area contributed by atoms with Crippen molar-refractivity contribution in [3.8, 4) is 0 Å². The van der Waals surface area contributed by atoms with Crippen molar-refractivity contribution in [1.29, 1.82) is 0 Å². The summed E-state index contributed by atoms with van der Waals surface area (Å²) >= 11 is 0. The third-order valence-electron chi connectivity index (χ3n) is 1.82. The van der Waals surface area contributed by atoms with Gasteiger partial charge in [0, 0.05) is 7.11 Å². The molecule has 82 valence electrons. The molecule has 0 aliphatic carbocycles. The molecule has 1 rings (SSSR count). The number of aliphatic hydroxyl groups excluding tert-OH is 1. The molecule has 0 radical (unpaired) electrons. The second-order valence-electron chi connectivity index (χ2n) is 3.06. The minimum atomic E-state index is -1.21. The summed E-state index contributed by atoms with van der Waals surface area (Å²) in [6, 6.07) is 9.28. The predicted octanol–water partition coefficient (Wildman–Crippen LogP) is 0.737. The number of aliphatic hydroxyl groups is 1. The van der Waals surface area contributed by atoms with Crippen molar-refractivity contribution in [3.05, 3.63) is 35.9 Å². The zero-order valence-corrected chi connectivity index (χ0v) is 8.55. The van der Waals surface area contributed by atoms with E-state index in [0.29, 0.717) is 0 Å². The third-order valence-corrected chi connectivity index (χ3v) is 1.82. The molecule has 1 atom stereocenters. The Bertz CT molecular complexity index is 297. The molecule has 4 heteroatoms. The Morgan fingerprint density at radius 3 is 2.67 bits per heavy atom. The lowest BCUT2D eigenvalue weighted by molar-refractivity contribution is -0.157. The van der Waals surface area contributed by atoms with Crippen molar-refractivity contribution in [2.24, 2.45) is 0 Å². The van der Waals surface area contributed by atoms with Crippen molar-refractivity contribution < 1.29 is 19.4 Å². The largest absolute Gasteiger partial charge is 0.459 e. The zero-order chi connectivity index (χ0) is 11.1. The van der Waals surface area contributed by atoms with E-state index in [1.54, 1.807) is 0 Å². The number of hydrogen-bond acceptors (Lipinski definition) is 4. The maximum absolute atomic E-state index is 11.2. The van der Waals surface area contributed by atoms with Gasteiger partial charge in [-0.25, -0.2) is 4.79 Å². The number of methoxy groups -OCH3 is 1. The van der Waals surface area contributed by atoms with Crippen LogP contribution >= 0.6 is 0 Å². The van der Waals surface area contributed by atoms with Crippen molar-refractivity contribution in [2.75, 3.05) is 13.7 Å². The summed E-state index contributed by atoms with van der Waals surface area (Å²) < 4.78 is 9.50. The molecule has 1 aromatic carbocycles. The van der Waals surface area contributed by atoms with E-state index in [9.17, 15) is 9.90 Å². The highest BCUT2D eigenvalue weighted by molar-refractivity contribution is 5.74. The smallest absolute Gasteiger partial charge is 0.337 e. The summed E-state index contributed by atoms with van der Waals surface area (Å²) in [7, 11) is 1.41. The van der Waals surface area contributed by atoms with Gasteiger partial charge in [-0.1, -0.05) is 30.3 Å². The van der Waals surface area contributed by atoms with Crippen molar-refractivity contribution in [3.63, 3.8) is 0 Å². The molecule has 0 fully saturated rings. The first-order valence-corrected chi connectivity index (χ1v) is 4.61. The Morgan fingerprint density at radius 2 is 2.07 bits per heavy atom. The van der Waals surface area contributed by atoms with Crippen molar-refractivity contribution in [1.82, 2.24) is 0 Å². The van der Waals surface area contributed by atoms with Crippen LogP contribution in [-0.2, 0) is 20.9 Å². The number of benzene rings is 1. The van der Waals surface area contributed by atoms with Gasteiger partial charge in [-0.3, -0.25) is 0 Å². The SMILES string of the molecule is COCC(O)C(=O)OCc1ccccc1. The minimum absolute atomic E-state index is 0.0480. The average molecular weight is 210 g/mol. The molecule has 0 saturated heterocycles. The van der Waals surface area contributed by atoms with Crippen LogP contribution in [-0.4, -0.2) is 30.9 Å². The van der Waals surface area contributed by atoms with Crippen LogP contribution in [0.2, 0.25) is 0 Å². The highest BCUT2D eigenvalue weighted by Gasteiger charge is 2.15. The average Bonchev–Trinajstić information content (AvgIpc) is 2.27. The van der Waals surface area contributed by atoms with Gasteiger partial charge >= 0.3 is 5.97 Å². The first-order valence-electron chi connectivity index (χ1n) is 4.61. The Hall–Kier alpha value is -1.39. The predicted molar refractivity (Wildman–Crippen MR) is 54.1 cm³/mol. The fourth-order valence-electron chi connectivity index (χ4n) is 1.05. The summed E-state index contributed by atoms with van der Waals surface area (Å²) in [5, 5.41) is 9.20. The van der Waals surface area contributed by atoms with E-state index in [-0.39, 0.29) is 13.2 Å². The molecule has 0 amide bonds. The number of hydrogen-bond donors (Lipinski definition) is 1. The van der Waals surface area contributed by atoms with Crippen LogP contribution in [0.3, 0.4) is 0 Å². The van der Waals surface area contributed by atoms with Gasteiger partial charge in [0.05, 0.1) is 6.61 Å². The lowest BCUT2D eigenvalue weighted by Crippen LogP contribution is -2.27. The molecule has 0 saturated carbocycles. The second kappa shape index (κ2) is 6.16. The molecule has 0 heterocycles. The molecule has 0 bridgehead atoms. The molecular weight excluding hydrogens is 196 g/mol. The van der Waals surface area contributed by atoms with Gasteiger partial charge in [0.2, 0.25) is 0 Å². The van der Waals surface area contributed by atoms with E-state index in [0.717, 1.165) is 5.56 Å². The van der Waals surface area contributed by atoms with E-state index < -0.39 is 12.1 Å². The van der Waals surface area contributed by atoms with Gasteiger partial charge < -0.3 is 14.6 Å². The summed E-state index contributed by atoms with van der Waals surface area (Å²) in [6.07, 6.45) is -1.21. The lowest BCUT2D eigenvalue weighted by atomic mass is 10.2. The fraction of sp³-hybridized carbons (Fsp3) is 0.364. The van der Waals surface area contributed by atoms with Gasteiger partial charge in [-0.15, -0.1) is 0 Å². The second-order valence-corrected chi connectivity index (χ2v) is 3.06. The maximum atomic E-state index is 11.2. The molecule has 0 aliphatic heterocycles. The van der Waals surface area contributed by atoms with E-state index >= 15 is 0 Å². The Labute approximate surface area is 88.4 Å². The third kappa shape index (κ3) is 4.10. The maximum Gasteiger partial charge on any atom is 0.337 e. The standard InChI is InChI=1S/C11H14O4/c1-14-8-10(12)11(13)15-7-9-5-3-2-4-6-9/h2-6,10,12H,7-8H2,1H3. The van der Waals surface area contributed by atoms with Crippen LogP contribution < -0.4 is 0 Å². The summed E-state index contributed by atoms with van der Waals surface area (Å²) in [5.74, 6) is -0.666. The minimum Gasteiger partial charge on any atom is -0.459 e.